The van der Waals surface area contributed by atoms with E-state index in [-0.39, 0.29) is 6.04 Å². The second-order valence-corrected chi connectivity index (χ2v) is 5.36. The van der Waals surface area contributed by atoms with Crippen molar-refractivity contribution in [3.8, 4) is 11.4 Å². The Labute approximate surface area is 120 Å². The number of imidazole rings is 1. The first-order valence-corrected chi connectivity index (χ1v) is 6.87. The Morgan fingerprint density at radius 2 is 2.10 bits per heavy atom. The molecule has 0 amide bonds. The van der Waals surface area contributed by atoms with Crippen LogP contribution in [0.2, 0.25) is 0 Å². The van der Waals surface area contributed by atoms with E-state index in [1.807, 2.05) is 32.2 Å². The highest BCUT2D eigenvalue weighted by molar-refractivity contribution is 5.66. The van der Waals surface area contributed by atoms with Crippen molar-refractivity contribution in [3.63, 3.8) is 0 Å². The molecule has 1 unspecified atom stereocenters. The zero-order chi connectivity index (χ0) is 15.2. The third-order valence-electron chi connectivity index (χ3n) is 3.96. The third-order valence-corrected chi connectivity index (χ3v) is 3.96. The fraction of sp³-hybridized carbons (Fsp3) is 0.400. The summed E-state index contributed by atoms with van der Waals surface area (Å²) in [6, 6.07) is 5.69. The summed E-state index contributed by atoms with van der Waals surface area (Å²) >= 11 is 0. The van der Waals surface area contributed by atoms with Gasteiger partial charge in [-0.2, -0.15) is 13.2 Å². The summed E-state index contributed by atoms with van der Waals surface area (Å²) in [7, 11) is 1.82. The van der Waals surface area contributed by atoms with E-state index in [1.165, 1.54) is 0 Å². The molecule has 1 aliphatic rings. The number of hydrogen-bond donors (Lipinski definition) is 1. The predicted octanol–water partition coefficient (Wildman–Crippen LogP) is 4.12. The minimum atomic E-state index is -4.41. The van der Waals surface area contributed by atoms with Gasteiger partial charge in [-0.15, -0.1) is 0 Å². The first-order valence-electron chi connectivity index (χ1n) is 6.87. The average Bonchev–Trinajstić information content (AvgIpc) is 2.84. The molecule has 1 aromatic heterocycles. The van der Waals surface area contributed by atoms with E-state index in [1.54, 1.807) is 4.57 Å². The second kappa shape index (κ2) is 4.79. The monoisotopic (exact) mass is 295 g/mol. The lowest BCUT2D eigenvalue weighted by Crippen LogP contribution is -2.06. The quantitative estimate of drug-likeness (QED) is 0.857. The molecule has 1 atom stereocenters. The number of benzene rings is 1. The van der Waals surface area contributed by atoms with Gasteiger partial charge in [-0.25, -0.2) is 4.98 Å². The van der Waals surface area contributed by atoms with Crippen LogP contribution in [0.4, 0.5) is 18.9 Å². The zero-order valence-electron chi connectivity index (χ0n) is 11.8. The van der Waals surface area contributed by atoms with Crippen LogP contribution in [0.15, 0.2) is 24.4 Å². The highest BCUT2D eigenvalue weighted by Crippen LogP contribution is 2.37. The van der Waals surface area contributed by atoms with Gasteiger partial charge in [0.15, 0.2) is 5.69 Å². The van der Waals surface area contributed by atoms with Crippen molar-refractivity contribution in [2.45, 2.75) is 32.0 Å². The largest absolute Gasteiger partial charge is 0.434 e. The minimum Gasteiger partial charge on any atom is -0.388 e. The Kier molecular flexibility index (Phi) is 3.19. The van der Waals surface area contributed by atoms with Crippen LogP contribution in [0.25, 0.3) is 11.4 Å². The van der Waals surface area contributed by atoms with Crippen LogP contribution in [0.3, 0.4) is 0 Å². The van der Waals surface area contributed by atoms with Crippen molar-refractivity contribution in [2.75, 3.05) is 12.4 Å². The summed E-state index contributed by atoms with van der Waals surface area (Å²) < 4.78 is 40.4. The molecule has 1 aliphatic heterocycles. The predicted molar refractivity (Wildman–Crippen MR) is 75.2 cm³/mol. The van der Waals surface area contributed by atoms with Gasteiger partial charge in [0, 0.05) is 30.5 Å². The van der Waals surface area contributed by atoms with Gasteiger partial charge in [0.25, 0.3) is 0 Å². The molecule has 112 valence electrons. The van der Waals surface area contributed by atoms with Crippen molar-refractivity contribution in [1.82, 2.24) is 9.55 Å². The van der Waals surface area contributed by atoms with Crippen LogP contribution in [0, 0.1) is 0 Å². The van der Waals surface area contributed by atoms with Crippen LogP contribution in [-0.2, 0) is 12.6 Å². The first-order chi connectivity index (χ1) is 9.90. The van der Waals surface area contributed by atoms with E-state index in [2.05, 4.69) is 10.3 Å². The molecule has 2 heterocycles. The molecule has 3 rings (SSSR count). The van der Waals surface area contributed by atoms with Gasteiger partial charge in [0.05, 0.1) is 0 Å². The fourth-order valence-electron chi connectivity index (χ4n) is 2.74. The number of alkyl halides is 3. The molecule has 3 nitrogen and oxygen atoms in total. The van der Waals surface area contributed by atoms with E-state index in [9.17, 15) is 13.2 Å². The van der Waals surface area contributed by atoms with Crippen LogP contribution in [0.5, 0.6) is 0 Å². The average molecular weight is 295 g/mol. The maximum Gasteiger partial charge on any atom is 0.434 e. The van der Waals surface area contributed by atoms with Crippen LogP contribution < -0.4 is 5.32 Å². The Morgan fingerprint density at radius 1 is 1.33 bits per heavy atom. The lowest BCUT2D eigenvalue weighted by molar-refractivity contribution is -0.140. The molecule has 21 heavy (non-hydrogen) atoms. The number of anilines is 1. The SMILES string of the molecule is CNc1ccc2c(c1)CCC(C)n1cc(C(F)(F)F)nc1-2. The van der Waals surface area contributed by atoms with Gasteiger partial charge in [-0.1, -0.05) is 0 Å². The molecule has 2 aromatic rings. The fourth-order valence-corrected chi connectivity index (χ4v) is 2.74. The summed E-state index contributed by atoms with van der Waals surface area (Å²) in [5.41, 5.74) is 1.95. The molecule has 0 radical (unpaired) electrons. The van der Waals surface area contributed by atoms with Crippen LogP contribution in [0.1, 0.15) is 30.6 Å². The van der Waals surface area contributed by atoms with Gasteiger partial charge in [0.1, 0.15) is 5.82 Å². The number of aryl methyl sites for hydroxylation is 1. The van der Waals surface area contributed by atoms with Crippen LogP contribution in [-0.4, -0.2) is 16.6 Å². The number of aromatic nitrogens is 2. The molecular weight excluding hydrogens is 279 g/mol. The van der Waals surface area contributed by atoms with E-state index in [0.29, 0.717) is 5.82 Å². The Bertz CT molecular complexity index is 673. The Hall–Kier alpha value is -1.98. The van der Waals surface area contributed by atoms with E-state index in [4.69, 9.17) is 0 Å². The van der Waals surface area contributed by atoms with Crippen molar-refractivity contribution in [2.24, 2.45) is 0 Å². The first kappa shape index (κ1) is 14.0. The van der Waals surface area contributed by atoms with Gasteiger partial charge in [-0.05, 0) is 43.5 Å². The van der Waals surface area contributed by atoms with E-state index < -0.39 is 11.9 Å². The molecule has 0 saturated carbocycles. The highest BCUT2D eigenvalue weighted by Gasteiger charge is 2.36. The molecule has 6 heteroatoms. The Balaban J connectivity index is 2.18. The highest BCUT2D eigenvalue weighted by atomic mass is 19.4. The molecule has 1 N–H and O–H groups in total. The standard InChI is InChI=1S/C15H16F3N3/c1-9-3-4-10-7-11(19-2)5-6-12(10)14-20-13(8-21(9)14)15(16,17)18/h5-9,19H,3-4H2,1-2H3. The molecule has 0 spiro atoms. The maximum absolute atomic E-state index is 12.9. The topological polar surface area (TPSA) is 29.9 Å². The Morgan fingerprint density at radius 3 is 2.76 bits per heavy atom. The number of fused-ring (bicyclic) bond motifs is 3. The van der Waals surface area contributed by atoms with Gasteiger partial charge < -0.3 is 9.88 Å². The molecule has 0 saturated heterocycles. The van der Waals surface area contributed by atoms with Crippen molar-refractivity contribution in [1.29, 1.82) is 0 Å². The third kappa shape index (κ3) is 2.39. The van der Waals surface area contributed by atoms with Gasteiger partial charge in [-0.3, -0.25) is 0 Å². The summed E-state index contributed by atoms with van der Waals surface area (Å²) in [6.07, 6.45) is -1.66. The number of nitrogens with one attached hydrogen (secondary N) is 1. The normalized spacial score (nSPS) is 17.9. The minimum absolute atomic E-state index is 0.00552. The summed E-state index contributed by atoms with van der Waals surface area (Å²) in [5.74, 6) is 0.407. The number of halogens is 3. The maximum atomic E-state index is 12.9. The van der Waals surface area contributed by atoms with Crippen molar-refractivity contribution < 1.29 is 13.2 Å². The molecular formula is C15H16F3N3. The molecule has 1 aromatic carbocycles. The van der Waals surface area contributed by atoms with Crippen molar-refractivity contribution >= 4 is 5.69 Å². The number of nitrogens with zero attached hydrogens (tertiary/aromatic N) is 2. The van der Waals surface area contributed by atoms with E-state index in [0.717, 1.165) is 35.9 Å². The summed E-state index contributed by atoms with van der Waals surface area (Å²) in [5, 5.41) is 3.05. The molecule has 0 aliphatic carbocycles. The number of rotatable bonds is 1. The molecule has 0 bridgehead atoms. The van der Waals surface area contributed by atoms with Gasteiger partial charge >= 0.3 is 6.18 Å². The lowest BCUT2D eigenvalue weighted by Gasteiger charge is -2.11. The lowest BCUT2D eigenvalue weighted by atomic mass is 10.0. The second-order valence-electron chi connectivity index (χ2n) is 5.36. The van der Waals surface area contributed by atoms with Crippen molar-refractivity contribution in [3.05, 3.63) is 35.7 Å². The zero-order valence-corrected chi connectivity index (χ0v) is 11.8. The summed E-state index contributed by atoms with van der Waals surface area (Å²) in [4.78, 5) is 3.85. The van der Waals surface area contributed by atoms with Gasteiger partial charge in [0.2, 0.25) is 0 Å². The van der Waals surface area contributed by atoms with E-state index >= 15 is 0 Å². The number of hydrogen-bond acceptors (Lipinski definition) is 2. The molecule has 0 fully saturated rings. The summed E-state index contributed by atoms with van der Waals surface area (Å²) in [6.45, 7) is 1.93. The smallest absolute Gasteiger partial charge is 0.388 e. The van der Waals surface area contributed by atoms with Crippen LogP contribution >= 0.6 is 0 Å².